The lowest BCUT2D eigenvalue weighted by molar-refractivity contribution is -0.116. The Morgan fingerprint density at radius 1 is 1.11 bits per heavy atom. The number of carbonyl (C=O) groups is 1. The number of fused-ring (bicyclic) bond motifs is 1. The highest BCUT2D eigenvalue weighted by atomic mass is 35.5. The average molecular weight is 430 g/mol. The van der Waals surface area contributed by atoms with E-state index in [-0.39, 0.29) is 18.0 Å². The number of thiophene rings is 1. The van der Waals surface area contributed by atoms with Gasteiger partial charge in [-0.2, -0.15) is 0 Å². The first-order valence-corrected chi connectivity index (χ1v) is 9.93. The largest absolute Gasteiger partial charge is 0.324 e. The molecule has 0 unspecified atom stereocenters. The topological polar surface area (TPSA) is 64.0 Å². The van der Waals surface area contributed by atoms with Crippen LogP contribution < -0.4 is 10.9 Å². The summed E-state index contributed by atoms with van der Waals surface area (Å²) in [6, 6.07) is 14.4. The lowest BCUT2D eigenvalue weighted by Gasteiger charge is -2.08. The van der Waals surface area contributed by atoms with Crippen molar-refractivity contribution in [2.75, 3.05) is 5.32 Å². The second-order valence-electron chi connectivity index (χ2n) is 6.05. The number of rotatable bonds is 4. The van der Waals surface area contributed by atoms with Gasteiger partial charge in [-0.05, 0) is 23.8 Å². The van der Waals surface area contributed by atoms with Crippen LogP contribution in [0.5, 0.6) is 0 Å². The molecule has 4 rings (SSSR count). The molecule has 0 saturated heterocycles. The Balaban J connectivity index is 1.64. The minimum atomic E-state index is -0.363. The first-order chi connectivity index (χ1) is 13.5. The second kappa shape index (κ2) is 7.75. The first-order valence-electron chi connectivity index (χ1n) is 8.30. The molecule has 1 amide bonds. The molecule has 0 fully saturated rings. The number of hydrogen-bond acceptors (Lipinski definition) is 4. The third-order valence-electron chi connectivity index (χ3n) is 4.16. The summed E-state index contributed by atoms with van der Waals surface area (Å²) < 4.78 is 1.30. The third kappa shape index (κ3) is 3.67. The number of nitrogens with one attached hydrogen (secondary N) is 1. The van der Waals surface area contributed by atoms with Gasteiger partial charge < -0.3 is 5.32 Å². The van der Waals surface area contributed by atoms with Crippen LogP contribution in [0, 0.1) is 0 Å². The molecule has 4 aromatic rings. The van der Waals surface area contributed by atoms with Crippen molar-refractivity contribution in [3.05, 3.63) is 80.6 Å². The van der Waals surface area contributed by atoms with E-state index in [9.17, 15) is 9.59 Å². The Morgan fingerprint density at radius 3 is 2.64 bits per heavy atom. The quantitative estimate of drug-likeness (QED) is 0.492. The predicted octanol–water partition coefficient (Wildman–Crippen LogP) is 5.07. The Bertz CT molecular complexity index is 1240. The van der Waals surface area contributed by atoms with Gasteiger partial charge in [-0.3, -0.25) is 14.2 Å². The minimum absolute atomic E-state index is 0.161. The summed E-state index contributed by atoms with van der Waals surface area (Å²) in [5.41, 5.74) is 2.00. The normalized spacial score (nSPS) is 10.9. The van der Waals surface area contributed by atoms with E-state index in [1.807, 2.05) is 35.7 Å². The fourth-order valence-electron chi connectivity index (χ4n) is 2.84. The maximum Gasteiger partial charge on any atom is 0.263 e. The number of nitrogens with zero attached hydrogens (tertiary/aromatic N) is 2. The molecule has 2 aromatic carbocycles. The van der Waals surface area contributed by atoms with Gasteiger partial charge in [0.05, 0.1) is 21.8 Å². The van der Waals surface area contributed by atoms with E-state index < -0.39 is 0 Å². The molecule has 0 saturated carbocycles. The molecular formula is C20H13Cl2N3O2S. The van der Waals surface area contributed by atoms with Crippen LogP contribution in [0.3, 0.4) is 0 Å². The smallest absolute Gasteiger partial charge is 0.263 e. The van der Waals surface area contributed by atoms with Crippen molar-refractivity contribution in [2.45, 2.75) is 6.54 Å². The number of carbonyl (C=O) groups excluding carboxylic acids is 1. The van der Waals surface area contributed by atoms with E-state index in [4.69, 9.17) is 23.2 Å². The van der Waals surface area contributed by atoms with Crippen LogP contribution in [0.2, 0.25) is 10.0 Å². The maximum absolute atomic E-state index is 13.0. The molecule has 2 heterocycles. The Morgan fingerprint density at radius 2 is 1.89 bits per heavy atom. The Labute approximate surface area is 174 Å². The number of anilines is 1. The molecular weight excluding hydrogens is 417 g/mol. The number of halogens is 2. The summed E-state index contributed by atoms with van der Waals surface area (Å²) in [5.74, 6) is -0.363. The molecule has 1 N–H and O–H groups in total. The Hall–Kier alpha value is -2.67. The summed E-state index contributed by atoms with van der Waals surface area (Å²) in [7, 11) is 0. The molecule has 0 spiro atoms. The van der Waals surface area contributed by atoms with Crippen LogP contribution >= 0.6 is 34.5 Å². The van der Waals surface area contributed by atoms with E-state index in [0.717, 1.165) is 11.1 Å². The van der Waals surface area contributed by atoms with Gasteiger partial charge >= 0.3 is 0 Å². The van der Waals surface area contributed by atoms with Gasteiger partial charge in [0.25, 0.3) is 5.56 Å². The third-order valence-corrected chi connectivity index (χ3v) is 5.79. The lowest BCUT2D eigenvalue weighted by atomic mass is 10.1. The van der Waals surface area contributed by atoms with Gasteiger partial charge in [-0.1, -0.05) is 53.5 Å². The molecule has 0 atom stereocenters. The van der Waals surface area contributed by atoms with Crippen LogP contribution in [0.25, 0.3) is 21.3 Å². The number of aromatic nitrogens is 2. The lowest BCUT2D eigenvalue weighted by Crippen LogP contribution is -2.27. The molecule has 8 heteroatoms. The predicted molar refractivity (Wildman–Crippen MR) is 114 cm³/mol. The molecule has 0 aliphatic heterocycles. The van der Waals surface area contributed by atoms with Crippen molar-refractivity contribution in [3.63, 3.8) is 0 Å². The number of amides is 1. The average Bonchev–Trinajstić information content (AvgIpc) is 3.12. The van der Waals surface area contributed by atoms with Crippen LogP contribution in [-0.4, -0.2) is 15.5 Å². The van der Waals surface area contributed by atoms with E-state index in [1.54, 1.807) is 18.2 Å². The van der Waals surface area contributed by atoms with Crippen molar-refractivity contribution in [2.24, 2.45) is 0 Å². The molecule has 0 bridgehead atoms. The van der Waals surface area contributed by atoms with E-state index in [2.05, 4.69) is 10.3 Å². The first kappa shape index (κ1) is 18.7. The SMILES string of the molecule is O=C(Cn1cnc2scc(-c3ccccc3)c2c1=O)Nc1ccc(Cl)c(Cl)c1. The highest BCUT2D eigenvalue weighted by molar-refractivity contribution is 7.17. The van der Waals surface area contributed by atoms with Gasteiger partial charge in [0.2, 0.25) is 5.91 Å². The van der Waals surface area contributed by atoms with Gasteiger partial charge in [-0.15, -0.1) is 11.3 Å². The van der Waals surface area contributed by atoms with Gasteiger partial charge in [-0.25, -0.2) is 4.98 Å². The van der Waals surface area contributed by atoms with E-state index >= 15 is 0 Å². The molecule has 0 aliphatic rings. The fraction of sp³-hybridized carbons (Fsp3) is 0.0500. The summed E-state index contributed by atoms with van der Waals surface area (Å²) in [6.45, 7) is -0.161. The molecule has 28 heavy (non-hydrogen) atoms. The zero-order chi connectivity index (χ0) is 19.7. The fourth-order valence-corrected chi connectivity index (χ4v) is 4.04. The van der Waals surface area contributed by atoms with Gasteiger partial charge in [0, 0.05) is 16.6 Å². The minimum Gasteiger partial charge on any atom is -0.324 e. The summed E-state index contributed by atoms with van der Waals surface area (Å²) >= 11 is 13.2. The van der Waals surface area contributed by atoms with Crippen LogP contribution in [0.1, 0.15) is 0 Å². The highest BCUT2D eigenvalue weighted by Gasteiger charge is 2.15. The summed E-state index contributed by atoms with van der Waals surface area (Å²) in [5, 5.41) is 5.87. The maximum atomic E-state index is 13.0. The standard InChI is InChI=1S/C20H13Cl2N3O2S/c21-15-7-6-13(8-16(15)22)24-17(26)9-25-11-23-19-18(20(25)27)14(10-28-19)12-4-2-1-3-5-12/h1-8,10-11H,9H2,(H,24,26). The zero-order valence-corrected chi connectivity index (χ0v) is 16.7. The van der Waals surface area contributed by atoms with Crippen LogP contribution in [0.4, 0.5) is 5.69 Å². The zero-order valence-electron chi connectivity index (χ0n) is 14.4. The molecule has 0 radical (unpaired) electrons. The molecule has 2 aromatic heterocycles. The van der Waals surface area contributed by atoms with Crippen molar-refractivity contribution in [1.29, 1.82) is 0 Å². The van der Waals surface area contributed by atoms with Gasteiger partial charge in [0.15, 0.2) is 0 Å². The van der Waals surface area contributed by atoms with Crippen LogP contribution in [-0.2, 0) is 11.3 Å². The molecule has 0 aliphatic carbocycles. The van der Waals surface area contributed by atoms with E-state index in [0.29, 0.717) is 25.9 Å². The number of benzene rings is 2. The summed E-state index contributed by atoms with van der Waals surface area (Å²) in [6.07, 6.45) is 1.39. The molecule has 140 valence electrons. The van der Waals surface area contributed by atoms with Crippen molar-refractivity contribution in [1.82, 2.24) is 9.55 Å². The highest BCUT2D eigenvalue weighted by Crippen LogP contribution is 2.30. The monoisotopic (exact) mass is 429 g/mol. The van der Waals surface area contributed by atoms with Crippen LogP contribution in [0.15, 0.2) is 65.0 Å². The van der Waals surface area contributed by atoms with Crippen molar-refractivity contribution >= 4 is 56.3 Å². The van der Waals surface area contributed by atoms with Gasteiger partial charge in [0.1, 0.15) is 11.4 Å². The van der Waals surface area contributed by atoms with Crippen molar-refractivity contribution < 1.29 is 4.79 Å². The molecule has 5 nitrogen and oxygen atoms in total. The number of hydrogen-bond donors (Lipinski definition) is 1. The second-order valence-corrected chi connectivity index (χ2v) is 7.72. The Kier molecular flexibility index (Phi) is 5.17. The van der Waals surface area contributed by atoms with Crippen molar-refractivity contribution in [3.8, 4) is 11.1 Å². The summed E-state index contributed by atoms with van der Waals surface area (Å²) in [4.78, 5) is 30.3. The van der Waals surface area contributed by atoms with E-state index in [1.165, 1.54) is 22.2 Å².